The summed E-state index contributed by atoms with van der Waals surface area (Å²) in [7, 11) is 0. The standard InChI is InChI=1S/C10H16N2O4/c1-4-6-12(5-2)10(16)11-8(7(3)13)9(14)15/h1,7-8,13H,5-6H2,2-3H3,(H,11,16)(H,14,15)/t7-,8+/m1/s1. The summed E-state index contributed by atoms with van der Waals surface area (Å²) in [5.74, 6) is 0.995. The Bertz CT molecular complexity index is 296. The molecule has 0 aliphatic rings. The van der Waals surface area contributed by atoms with E-state index >= 15 is 0 Å². The molecule has 6 nitrogen and oxygen atoms in total. The molecule has 0 spiro atoms. The van der Waals surface area contributed by atoms with Gasteiger partial charge in [0.1, 0.15) is 0 Å². The van der Waals surface area contributed by atoms with Crippen LogP contribution in [0.1, 0.15) is 13.8 Å². The summed E-state index contributed by atoms with van der Waals surface area (Å²) in [5.41, 5.74) is 0. The minimum Gasteiger partial charge on any atom is -0.480 e. The van der Waals surface area contributed by atoms with Gasteiger partial charge in [0.05, 0.1) is 12.6 Å². The number of carbonyl (C=O) groups excluding carboxylic acids is 1. The number of aliphatic hydroxyl groups excluding tert-OH is 1. The first-order chi connectivity index (χ1) is 7.43. The van der Waals surface area contributed by atoms with Gasteiger partial charge in [-0.1, -0.05) is 5.92 Å². The molecule has 0 rings (SSSR count). The van der Waals surface area contributed by atoms with Gasteiger partial charge in [0.25, 0.3) is 0 Å². The Morgan fingerprint density at radius 1 is 1.56 bits per heavy atom. The fraction of sp³-hybridized carbons (Fsp3) is 0.600. The van der Waals surface area contributed by atoms with E-state index in [2.05, 4.69) is 11.2 Å². The molecule has 0 aliphatic carbocycles. The summed E-state index contributed by atoms with van der Waals surface area (Å²) in [5, 5.41) is 20.1. The van der Waals surface area contributed by atoms with Gasteiger partial charge in [-0.3, -0.25) is 0 Å². The maximum Gasteiger partial charge on any atom is 0.328 e. The number of amides is 2. The van der Waals surface area contributed by atoms with Crippen molar-refractivity contribution in [3.8, 4) is 12.3 Å². The van der Waals surface area contributed by atoms with Crippen molar-refractivity contribution in [2.75, 3.05) is 13.1 Å². The number of carboxylic acids is 1. The summed E-state index contributed by atoms with van der Waals surface area (Å²) in [4.78, 5) is 23.5. The van der Waals surface area contributed by atoms with Crippen molar-refractivity contribution < 1.29 is 19.8 Å². The van der Waals surface area contributed by atoms with Crippen LogP contribution in [0.2, 0.25) is 0 Å². The van der Waals surface area contributed by atoms with Crippen LogP contribution in [0.15, 0.2) is 0 Å². The Labute approximate surface area is 94.2 Å². The molecule has 0 saturated heterocycles. The number of aliphatic hydroxyl groups is 1. The molecule has 0 aromatic rings. The van der Waals surface area contributed by atoms with Crippen LogP contribution in [-0.4, -0.2) is 52.3 Å². The number of nitrogens with zero attached hydrogens (tertiary/aromatic N) is 1. The molecule has 90 valence electrons. The number of hydrogen-bond donors (Lipinski definition) is 3. The molecule has 0 fully saturated rings. The first kappa shape index (κ1) is 14.3. The monoisotopic (exact) mass is 228 g/mol. The molecule has 0 heterocycles. The molecule has 0 saturated carbocycles. The Morgan fingerprint density at radius 3 is 2.44 bits per heavy atom. The van der Waals surface area contributed by atoms with E-state index in [-0.39, 0.29) is 6.54 Å². The molecule has 16 heavy (non-hydrogen) atoms. The second-order valence-corrected chi connectivity index (χ2v) is 3.22. The molecular formula is C10H16N2O4. The highest BCUT2D eigenvalue weighted by molar-refractivity contribution is 5.83. The van der Waals surface area contributed by atoms with E-state index in [1.54, 1.807) is 6.92 Å². The topological polar surface area (TPSA) is 89.9 Å². The van der Waals surface area contributed by atoms with Gasteiger partial charge in [-0.2, -0.15) is 0 Å². The second kappa shape index (κ2) is 6.69. The molecular weight excluding hydrogens is 212 g/mol. The zero-order valence-electron chi connectivity index (χ0n) is 9.30. The molecule has 0 aromatic carbocycles. The molecule has 0 aliphatic heterocycles. The molecule has 2 amide bonds. The summed E-state index contributed by atoms with van der Waals surface area (Å²) in [6.07, 6.45) is 3.88. The average Bonchev–Trinajstić information content (AvgIpc) is 2.21. The maximum absolute atomic E-state index is 11.5. The SMILES string of the molecule is C#CCN(CC)C(=O)N[C@H](C(=O)O)[C@@H](C)O. The van der Waals surface area contributed by atoms with E-state index < -0.39 is 24.1 Å². The lowest BCUT2D eigenvalue weighted by atomic mass is 10.2. The number of terminal acetylenes is 1. The highest BCUT2D eigenvalue weighted by Gasteiger charge is 2.26. The first-order valence-corrected chi connectivity index (χ1v) is 4.83. The lowest BCUT2D eigenvalue weighted by Crippen LogP contribution is -2.52. The smallest absolute Gasteiger partial charge is 0.328 e. The lowest BCUT2D eigenvalue weighted by Gasteiger charge is -2.23. The fourth-order valence-electron chi connectivity index (χ4n) is 1.05. The minimum atomic E-state index is -1.33. The summed E-state index contributed by atoms with van der Waals surface area (Å²) in [6.45, 7) is 3.46. The molecule has 6 heteroatoms. The minimum absolute atomic E-state index is 0.0917. The number of carbonyl (C=O) groups is 2. The molecule has 0 radical (unpaired) electrons. The highest BCUT2D eigenvalue weighted by Crippen LogP contribution is 1.96. The number of carboxylic acid groups (broad SMARTS) is 1. The highest BCUT2D eigenvalue weighted by atomic mass is 16.4. The summed E-state index contributed by atoms with van der Waals surface area (Å²) in [6, 6.07) is -1.94. The van der Waals surface area contributed by atoms with Crippen molar-refractivity contribution in [2.45, 2.75) is 26.0 Å². The van der Waals surface area contributed by atoms with Gasteiger partial charge in [0.15, 0.2) is 6.04 Å². The Balaban J connectivity index is 4.51. The second-order valence-electron chi connectivity index (χ2n) is 3.22. The normalized spacial score (nSPS) is 13.4. The van der Waals surface area contributed by atoms with Crippen LogP contribution < -0.4 is 5.32 Å². The lowest BCUT2D eigenvalue weighted by molar-refractivity contribution is -0.141. The fourth-order valence-corrected chi connectivity index (χ4v) is 1.05. The molecule has 0 bridgehead atoms. The third-order valence-electron chi connectivity index (χ3n) is 1.98. The van der Waals surface area contributed by atoms with E-state index in [4.69, 9.17) is 16.6 Å². The number of rotatable bonds is 5. The zero-order valence-corrected chi connectivity index (χ0v) is 9.30. The molecule has 3 N–H and O–H groups in total. The van der Waals surface area contributed by atoms with Crippen molar-refractivity contribution in [1.82, 2.24) is 10.2 Å². The predicted octanol–water partition coefficient (Wildman–Crippen LogP) is -0.515. The van der Waals surface area contributed by atoms with Crippen LogP contribution in [-0.2, 0) is 4.79 Å². The van der Waals surface area contributed by atoms with E-state index in [1.165, 1.54) is 11.8 Å². The van der Waals surface area contributed by atoms with Crippen molar-refractivity contribution in [2.24, 2.45) is 0 Å². The van der Waals surface area contributed by atoms with Gasteiger partial charge >= 0.3 is 12.0 Å². The zero-order chi connectivity index (χ0) is 12.7. The average molecular weight is 228 g/mol. The number of aliphatic carboxylic acids is 1. The van der Waals surface area contributed by atoms with E-state index in [1.807, 2.05) is 0 Å². The number of urea groups is 1. The van der Waals surface area contributed by atoms with Gasteiger partial charge < -0.3 is 20.4 Å². The van der Waals surface area contributed by atoms with Crippen LogP contribution in [0.4, 0.5) is 4.79 Å². The Hall–Kier alpha value is -1.74. The molecule has 0 unspecified atom stereocenters. The molecule has 2 atom stereocenters. The van der Waals surface area contributed by atoms with Gasteiger partial charge in [-0.15, -0.1) is 6.42 Å². The van der Waals surface area contributed by atoms with Gasteiger partial charge in [0, 0.05) is 6.54 Å². The van der Waals surface area contributed by atoms with Gasteiger partial charge in [-0.05, 0) is 13.8 Å². The van der Waals surface area contributed by atoms with Gasteiger partial charge in [-0.25, -0.2) is 9.59 Å². The van der Waals surface area contributed by atoms with E-state index in [0.717, 1.165) is 0 Å². The first-order valence-electron chi connectivity index (χ1n) is 4.83. The van der Waals surface area contributed by atoms with Gasteiger partial charge in [0.2, 0.25) is 0 Å². The largest absolute Gasteiger partial charge is 0.480 e. The van der Waals surface area contributed by atoms with Crippen molar-refractivity contribution >= 4 is 12.0 Å². The summed E-state index contributed by atoms with van der Waals surface area (Å²) < 4.78 is 0. The predicted molar refractivity (Wildman–Crippen MR) is 57.7 cm³/mol. The van der Waals surface area contributed by atoms with Crippen LogP contribution >= 0.6 is 0 Å². The molecule has 0 aromatic heterocycles. The van der Waals surface area contributed by atoms with Crippen LogP contribution in [0.25, 0.3) is 0 Å². The number of nitrogens with one attached hydrogen (secondary N) is 1. The third kappa shape index (κ3) is 4.19. The quantitative estimate of drug-likeness (QED) is 0.552. The van der Waals surface area contributed by atoms with E-state index in [9.17, 15) is 9.59 Å². The third-order valence-corrected chi connectivity index (χ3v) is 1.98. The van der Waals surface area contributed by atoms with Crippen LogP contribution in [0.5, 0.6) is 0 Å². The van der Waals surface area contributed by atoms with Crippen molar-refractivity contribution in [3.05, 3.63) is 0 Å². The maximum atomic E-state index is 11.5. The Kier molecular flexibility index (Phi) is 5.96. The summed E-state index contributed by atoms with van der Waals surface area (Å²) >= 11 is 0. The van der Waals surface area contributed by atoms with E-state index in [0.29, 0.717) is 6.54 Å². The Morgan fingerprint density at radius 2 is 2.12 bits per heavy atom. The van der Waals surface area contributed by atoms with Crippen LogP contribution in [0, 0.1) is 12.3 Å². The van der Waals surface area contributed by atoms with Crippen molar-refractivity contribution in [1.29, 1.82) is 0 Å². The van der Waals surface area contributed by atoms with Crippen LogP contribution in [0.3, 0.4) is 0 Å². The number of hydrogen-bond acceptors (Lipinski definition) is 3. The van der Waals surface area contributed by atoms with Crippen molar-refractivity contribution in [3.63, 3.8) is 0 Å².